The van der Waals surface area contributed by atoms with E-state index >= 15 is 0 Å². The van der Waals surface area contributed by atoms with Gasteiger partial charge < -0.3 is 4.90 Å². The largest absolute Gasteiger partial charge is 0.305 e. The van der Waals surface area contributed by atoms with Gasteiger partial charge in [0.1, 0.15) is 0 Å². The lowest BCUT2D eigenvalue weighted by Crippen LogP contribution is -2.10. The lowest BCUT2D eigenvalue weighted by molar-refractivity contribution is 0.402. The molecule has 64 valence electrons. The highest BCUT2D eigenvalue weighted by molar-refractivity contribution is 5.47. The van der Waals surface area contributed by atoms with E-state index in [1.54, 1.807) is 0 Å². The maximum atomic E-state index is 3.71. The molecule has 0 N–H and O–H groups in total. The zero-order valence-electron chi connectivity index (χ0n) is 7.75. The van der Waals surface area contributed by atoms with Crippen LogP contribution in [0.25, 0.3) is 6.08 Å². The molecule has 0 saturated heterocycles. The fourth-order valence-electron chi connectivity index (χ4n) is 1.12. The van der Waals surface area contributed by atoms with E-state index in [1.165, 1.54) is 11.1 Å². The minimum absolute atomic E-state index is 0.997. The van der Waals surface area contributed by atoms with E-state index in [2.05, 4.69) is 49.8 Å². The summed E-state index contributed by atoms with van der Waals surface area (Å²) >= 11 is 0. The summed E-state index contributed by atoms with van der Waals surface area (Å²) in [6.45, 7) is 4.71. The van der Waals surface area contributed by atoms with Crippen LogP contribution in [0.3, 0.4) is 0 Å². The molecule has 0 aliphatic rings. The molecule has 1 aromatic carbocycles. The highest BCUT2D eigenvalue weighted by Gasteiger charge is 1.93. The van der Waals surface area contributed by atoms with Gasteiger partial charge in [0, 0.05) is 6.54 Å². The Bertz CT molecular complexity index is 246. The summed E-state index contributed by atoms with van der Waals surface area (Å²) in [7, 11) is 4.14. The van der Waals surface area contributed by atoms with Crippen molar-refractivity contribution in [3.8, 4) is 0 Å². The standard InChI is InChI=1S/C11H15N/c1-4-10-5-7-11(8-6-10)9-12(2)3/h4-8H,1,9H2,2-3H3. The quantitative estimate of drug-likeness (QED) is 0.658. The molecule has 0 spiro atoms. The first-order valence-corrected chi connectivity index (χ1v) is 4.08. The normalized spacial score (nSPS) is 10.2. The molecule has 0 saturated carbocycles. The molecule has 0 aliphatic carbocycles. The van der Waals surface area contributed by atoms with Crippen LogP contribution in [0.15, 0.2) is 30.8 Å². The monoisotopic (exact) mass is 161 g/mol. The Kier molecular flexibility index (Phi) is 3.06. The van der Waals surface area contributed by atoms with Crippen LogP contribution >= 0.6 is 0 Å². The van der Waals surface area contributed by atoms with Gasteiger partial charge in [-0.1, -0.05) is 36.9 Å². The predicted octanol–water partition coefficient (Wildman–Crippen LogP) is 2.39. The van der Waals surface area contributed by atoms with E-state index in [4.69, 9.17) is 0 Å². The molecule has 1 nitrogen and oxygen atoms in total. The van der Waals surface area contributed by atoms with E-state index < -0.39 is 0 Å². The number of nitrogens with zero attached hydrogens (tertiary/aromatic N) is 1. The van der Waals surface area contributed by atoms with Crippen molar-refractivity contribution < 1.29 is 0 Å². The Morgan fingerprint density at radius 3 is 2.25 bits per heavy atom. The second kappa shape index (κ2) is 4.07. The molecule has 0 fully saturated rings. The Morgan fingerprint density at radius 2 is 1.83 bits per heavy atom. The minimum atomic E-state index is 0.997. The SMILES string of the molecule is C=Cc1ccc(CN(C)C)cc1. The van der Waals surface area contributed by atoms with E-state index in [-0.39, 0.29) is 0 Å². The summed E-state index contributed by atoms with van der Waals surface area (Å²) in [6.07, 6.45) is 1.86. The molecule has 0 unspecified atom stereocenters. The summed E-state index contributed by atoms with van der Waals surface area (Å²) in [5.41, 5.74) is 2.52. The first kappa shape index (κ1) is 9.01. The fraction of sp³-hybridized carbons (Fsp3) is 0.273. The van der Waals surface area contributed by atoms with Crippen LogP contribution < -0.4 is 0 Å². The Morgan fingerprint density at radius 1 is 1.25 bits per heavy atom. The molecule has 1 heteroatoms. The number of hydrogen-bond donors (Lipinski definition) is 0. The van der Waals surface area contributed by atoms with Gasteiger partial charge in [0.2, 0.25) is 0 Å². The first-order valence-electron chi connectivity index (χ1n) is 4.08. The van der Waals surface area contributed by atoms with Crippen molar-refractivity contribution in [1.29, 1.82) is 0 Å². The molecule has 0 heterocycles. The van der Waals surface area contributed by atoms with Crippen molar-refractivity contribution in [1.82, 2.24) is 4.90 Å². The van der Waals surface area contributed by atoms with Crippen LogP contribution in [-0.4, -0.2) is 19.0 Å². The second-order valence-electron chi connectivity index (χ2n) is 3.18. The summed E-state index contributed by atoms with van der Waals surface area (Å²) in [6, 6.07) is 8.45. The molecule has 0 aliphatic heterocycles. The van der Waals surface area contributed by atoms with Crippen LogP contribution in [0.2, 0.25) is 0 Å². The van der Waals surface area contributed by atoms with E-state index in [0.717, 1.165) is 6.54 Å². The zero-order chi connectivity index (χ0) is 8.97. The summed E-state index contributed by atoms with van der Waals surface area (Å²) in [5, 5.41) is 0. The van der Waals surface area contributed by atoms with Gasteiger partial charge in [-0.15, -0.1) is 0 Å². The second-order valence-corrected chi connectivity index (χ2v) is 3.18. The minimum Gasteiger partial charge on any atom is -0.305 e. The Balaban J connectivity index is 2.71. The smallest absolute Gasteiger partial charge is 0.0227 e. The molecule has 1 rings (SSSR count). The third-order valence-corrected chi connectivity index (χ3v) is 1.71. The van der Waals surface area contributed by atoms with Crippen LogP contribution in [-0.2, 0) is 6.54 Å². The summed E-state index contributed by atoms with van der Waals surface area (Å²) in [4.78, 5) is 2.16. The average Bonchev–Trinajstić information content (AvgIpc) is 2.05. The summed E-state index contributed by atoms with van der Waals surface area (Å²) < 4.78 is 0. The van der Waals surface area contributed by atoms with Gasteiger partial charge in [0.15, 0.2) is 0 Å². The maximum absolute atomic E-state index is 3.71. The van der Waals surface area contributed by atoms with Crippen molar-refractivity contribution in [2.45, 2.75) is 6.54 Å². The Labute approximate surface area is 74.3 Å². The number of benzene rings is 1. The van der Waals surface area contributed by atoms with Gasteiger partial charge in [0.05, 0.1) is 0 Å². The van der Waals surface area contributed by atoms with Crippen molar-refractivity contribution in [2.75, 3.05) is 14.1 Å². The van der Waals surface area contributed by atoms with Crippen molar-refractivity contribution >= 4 is 6.08 Å². The molecule has 0 atom stereocenters. The van der Waals surface area contributed by atoms with Crippen LogP contribution in [0.5, 0.6) is 0 Å². The predicted molar refractivity (Wildman–Crippen MR) is 53.9 cm³/mol. The summed E-state index contributed by atoms with van der Waals surface area (Å²) in [5.74, 6) is 0. The highest BCUT2D eigenvalue weighted by Crippen LogP contribution is 2.06. The molecular weight excluding hydrogens is 146 g/mol. The molecule has 0 bridgehead atoms. The van der Waals surface area contributed by atoms with Crippen LogP contribution in [0.1, 0.15) is 11.1 Å². The molecule has 0 radical (unpaired) electrons. The van der Waals surface area contributed by atoms with E-state index in [1.807, 2.05) is 6.08 Å². The molecule has 12 heavy (non-hydrogen) atoms. The fourth-order valence-corrected chi connectivity index (χ4v) is 1.12. The lowest BCUT2D eigenvalue weighted by Gasteiger charge is -2.09. The Hall–Kier alpha value is -1.08. The maximum Gasteiger partial charge on any atom is 0.0227 e. The van der Waals surface area contributed by atoms with Crippen molar-refractivity contribution in [3.05, 3.63) is 42.0 Å². The van der Waals surface area contributed by atoms with Gasteiger partial charge in [-0.25, -0.2) is 0 Å². The third kappa shape index (κ3) is 2.51. The van der Waals surface area contributed by atoms with Crippen LogP contribution in [0, 0.1) is 0 Å². The van der Waals surface area contributed by atoms with E-state index in [9.17, 15) is 0 Å². The van der Waals surface area contributed by atoms with Crippen LogP contribution in [0.4, 0.5) is 0 Å². The average molecular weight is 161 g/mol. The highest BCUT2D eigenvalue weighted by atomic mass is 15.0. The van der Waals surface area contributed by atoms with E-state index in [0.29, 0.717) is 0 Å². The molecule has 0 aromatic heterocycles. The van der Waals surface area contributed by atoms with Crippen molar-refractivity contribution in [3.63, 3.8) is 0 Å². The number of hydrogen-bond acceptors (Lipinski definition) is 1. The third-order valence-electron chi connectivity index (χ3n) is 1.71. The molecule has 0 amide bonds. The van der Waals surface area contributed by atoms with Gasteiger partial charge in [-0.3, -0.25) is 0 Å². The topological polar surface area (TPSA) is 3.24 Å². The van der Waals surface area contributed by atoms with Gasteiger partial charge >= 0.3 is 0 Å². The van der Waals surface area contributed by atoms with Gasteiger partial charge in [0.25, 0.3) is 0 Å². The van der Waals surface area contributed by atoms with Crippen molar-refractivity contribution in [2.24, 2.45) is 0 Å². The lowest BCUT2D eigenvalue weighted by atomic mass is 10.1. The molecular formula is C11H15N. The van der Waals surface area contributed by atoms with Gasteiger partial charge in [-0.05, 0) is 25.2 Å². The van der Waals surface area contributed by atoms with Gasteiger partial charge in [-0.2, -0.15) is 0 Å². The molecule has 1 aromatic rings. The zero-order valence-corrected chi connectivity index (χ0v) is 7.75. The first-order chi connectivity index (χ1) is 5.72. The number of rotatable bonds is 3.